The van der Waals surface area contributed by atoms with E-state index in [9.17, 15) is 22.4 Å². The fraction of sp³-hybridized carbons (Fsp3) is 0.200. The van der Waals surface area contributed by atoms with Crippen molar-refractivity contribution < 1.29 is 31.6 Å². The van der Waals surface area contributed by atoms with Gasteiger partial charge in [-0.3, -0.25) is 4.79 Å². The number of fused-ring (bicyclic) bond motifs is 1. The van der Waals surface area contributed by atoms with Crippen LogP contribution >= 0.6 is 0 Å². The third-order valence-corrected chi connectivity index (χ3v) is 5.82. The second-order valence-corrected chi connectivity index (χ2v) is 8.20. The number of benzene rings is 2. The second kappa shape index (κ2) is 8.44. The van der Waals surface area contributed by atoms with Gasteiger partial charge in [0.1, 0.15) is 17.1 Å². The summed E-state index contributed by atoms with van der Waals surface area (Å²) in [7, 11) is -3.77. The molecule has 0 radical (unpaired) electrons. The maximum Gasteiger partial charge on any atom is 0.376 e. The number of furan rings is 1. The number of rotatable bonds is 7. The minimum atomic E-state index is -3.77. The normalized spacial score (nSPS) is 11.4. The molecule has 0 bridgehead atoms. The first-order valence-corrected chi connectivity index (χ1v) is 10.4. The zero-order valence-corrected chi connectivity index (χ0v) is 16.3. The molecule has 152 valence electrons. The molecule has 0 atom stereocenters. The van der Waals surface area contributed by atoms with Gasteiger partial charge in [0.05, 0.1) is 17.3 Å². The number of carbonyl (C=O) groups is 2. The van der Waals surface area contributed by atoms with Crippen molar-refractivity contribution in [2.24, 2.45) is 0 Å². The molecule has 0 saturated heterocycles. The molecule has 7 nitrogen and oxygen atoms in total. The van der Waals surface area contributed by atoms with Crippen molar-refractivity contribution in [3.63, 3.8) is 0 Å². The van der Waals surface area contributed by atoms with Crippen LogP contribution in [0, 0.1) is 5.82 Å². The molecule has 1 N–H and O–H groups in total. The number of ether oxygens (including phenoxy) is 1. The minimum absolute atomic E-state index is 0.0762. The molecule has 3 rings (SSSR count). The summed E-state index contributed by atoms with van der Waals surface area (Å²) in [5, 5.41) is 3.04. The molecule has 9 heteroatoms. The number of amides is 1. The van der Waals surface area contributed by atoms with Crippen LogP contribution in [0.15, 0.2) is 57.8 Å². The molecule has 0 aliphatic carbocycles. The quantitative estimate of drug-likeness (QED) is 0.464. The van der Waals surface area contributed by atoms with E-state index in [1.807, 2.05) is 0 Å². The lowest BCUT2D eigenvalue weighted by atomic mass is 10.2. The van der Waals surface area contributed by atoms with E-state index in [0.29, 0.717) is 11.0 Å². The standard InChI is InChI=1S/C20H18FNO6S/c1-2-27-20(24)19-18(15-5-3-4-6-16(15)28-19)22-17(23)11-12-29(25,26)14-9-7-13(21)8-10-14/h3-10H,2,11-12H2,1H3,(H,22,23). The monoisotopic (exact) mass is 419 g/mol. The number of hydrogen-bond acceptors (Lipinski definition) is 6. The van der Waals surface area contributed by atoms with E-state index in [1.165, 1.54) is 0 Å². The van der Waals surface area contributed by atoms with Crippen molar-refractivity contribution in [2.45, 2.75) is 18.2 Å². The minimum Gasteiger partial charge on any atom is -0.460 e. The molecule has 29 heavy (non-hydrogen) atoms. The zero-order valence-electron chi connectivity index (χ0n) is 15.5. The lowest BCUT2D eigenvalue weighted by Gasteiger charge is -2.07. The van der Waals surface area contributed by atoms with E-state index in [0.717, 1.165) is 24.3 Å². The fourth-order valence-corrected chi connectivity index (χ4v) is 3.94. The van der Waals surface area contributed by atoms with Crippen LogP contribution in [0.4, 0.5) is 10.1 Å². The Balaban J connectivity index is 1.78. The Kier molecular flexibility index (Phi) is 5.97. The predicted molar refractivity (Wildman–Crippen MR) is 104 cm³/mol. The van der Waals surface area contributed by atoms with Gasteiger partial charge in [-0.2, -0.15) is 0 Å². The highest BCUT2D eigenvalue weighted by molar-refractivity contribution is 7.91. The van der Waals surface area contributed by atoms with Gasteiger partial charge >= 0.3 is 5.97 Å². The Morgan fingerprint density at radius 1 is 1.10 bits per heavy atom. The smallest absolute Gasteiger partial charge is 0.376 e. The summed E-state index contributed by atoms with van der Waals surface area (Å²) in [6.07, 6.45) is -0.360. The van der Waals surface area contributed by atoms with Gasteiger partial charge in [-0.25, -0.2) is 17.6 Å². The molecular weight excluding hydrogens is 401 g/mol. The number of nitrogens with one attached hydrogen (secondary N) is 1. The predicted octanol–water partition coefficient (Wildman–Crippen LogP) is 3.55. The summed E-state index contributed by atoms with van der Waals surface area (Å²) >= 11 is 0. The summed E-state index contributed by atoms with van der Waals surface area (Å²) in [5.41, 5.74) is 0.507. The van der Waals surface area contributed by atoms with Gasteiger partial charge in [0.15, 0.2) is 9.84 Å². The molecule has 0 saturated carbocycles. The number of sulfone groups is 1. The topological polar surface area (TPSA) is 103 Å². The van der Waals surface area contributed by atoms with Gasteiger partial charge in [-0.1, -0.05) is 12.1 Å². The Morgan fingerprint density at radius 3 is 2.48 bits per heavy atom. The average molecular weight is 419 g/mol. The molecule has 0 aliphatic rings. The maximum atomic E-state index is 13.0. The van der Waals surface area contributed by atoms with Gasteiger partial charge in [0, 0.05) is 11.8 Å². The van der Waals surface area contributed by atoms with E-state index in [1.54, 1.807) is 31.2 Å². The first kappa shape index (κ1) is 20.5. The Morgan fingerprint density at radius 2 is 1.79 bits per heavy atom. The third kappa shape index (κ3) is 4.62. The largest absolute Gasteiger partial charge is 0.460 e. The molecule has 0 spiro atoms. The number of esters is 1. The highest BCUT2D eigenvalue weighted by Crippen LogP contribution is 2.31. The molecule has 3 aromatic rings. The molecular formula is C20H18FNO6S. The van der Waals surface area contributed by atoms with Crippen LogP contribution in [0.25, 0.3) is 11.0 Å². The number of carbonyl (C=O) groups excluding carboxylic acids is 2. The lowest BCUT2D eigenvalue weighted by Crippen LogP contribution is -2.19. The number of hydrogen-bond donors (Lipinski definition) is 1. The summed E-state index contributed by atoms with van der Waals surface area (Å²) in [4.78, 5) is 24.5. The van der Waals surface area contributed by atoms with Crippen molar-refractivity contribution in [1.29, 1.82) is 0 Å². The third-order valence-electron chi connectivity index (χ3n) is 4.09. The van der Waals surface area contributed by atoms with Gasteiger partial charge in [-0.15, -0.1) is 0 Å². The molecule has 1 heterocycles. The van der Waals surface area contributed by atoms with Crippen molar-refractivity contribution in [1.82, 2.24) is 0 Å². The first-order chi connectivity index (χ1) is 13.8. The Bertz CT molecular complexity index is 1150. The van der Waals surface area contributed by atoms with Gasteiger partial charge < -0.3 is 14.5 Å². The molecule has 1 amide bonds. The fourth-order valence-electron chi connectivity index (χ4n) is 2.70. The van der Waals surface area contributed by atoms with Crippen LogP contribution in [-0.4, -0.2) is 32.7 Å². The molecule has 0 aliphatic heterocycles. The van der Waals surface area contributed by atoms with E-state index >= 15 is 0 Å². The van der Waals surface area contributed by atoms with Crippen molar-refractivity contribution in [3.05, 3.63) is 60.1 Å². The highest BCUT2D eigenvalue weighted by Gasteiger charge is 2.24. The van der Waals surface area contributed by atoms with Crippen LogP contribution in [0.2, 0.25) is 0 Å². The van der Waals surface area contributed by atoms with Gasteiger partial charge in [0.2, 0.25) is 11.7 Å². The summed E-state index contributed by atoms with van der Waals surface area (Å²) in [6, 6.07) is 11.1. The van der Waals surface area contributed by atoms with Gasteiger partial charge in [-0.05, 0) is 43.3 Å². The number of anilines is 1. The SMILES string of the molecule is CCOC(=O)c1oc2ccccc2c1NC(=O)CCS(=O)(=O)c1ccc(F)cc1. The first-order valence-electron chi connectivity index (χ1n) is 8.78. The van der Waals surface area contributed by atoms with Crippen LogP contribution in [0.1, 0.15) is 23.9 Å². The molecule has 0 fully saturated rings. The van der Waals surface area contributed by atoms with Crippen LogP contribution in [0.3, 0.4) is 0 Å². The van der Waals surface area contributed by atoms with Crippen molar-refractivity contribution in [2.75, 3.05) is 17.7 Å². The van der Waals surface area contributed by atoms with Crippen LogP contribution in [-0.2, 0) is 19.4 Å². The van der Waals surface area contributed by atoms with Crippen molar-refractivity contribution >= 4 is 38.4 Å². The maximum absolute atomic E-state index is 13.0. The highest BCUT2D eigenvalue weighted by atomic mass is 32.2. The summed E-state index contributed by atoms with van der Waals surface area (Å²) in [6.45, 7) is 1.76. The lowest BCUT2D eigenvalue weighted by molar-refractivity contribution is -0.115. The van der Waals surface area contributed by atoms with Crippen LogP contribution in [0.5, 0.6) is 0 Å². The molecule has 2 aromatic carbocycles. The van der Waals surface area contributed by atoms with E-state index in [-0.39, 0.29) is 29.4 Å². The van der Waals surface area contributed by atoms with E-state index < -0.39 is 33.3 Å². The van der Waals surface area contributed by atoms with E-state index in [4.69, 9.17) is 9.15 Å². The zero-order chi connectivity index (χ0) is 21.0. The van der Waals surface area contributed by atoms with E-state index in [2.05, 4.69) is 5.32 Å². The Hall–Kier alpha value is -3.20. The molecule has 1 aromatic heterocycles. The van der Waals surface area contributed by atoms with Crippen LogP contribution < -0.4 is 5.32 Å². The van der Waals surface area contributed by atoms with Gasteiger partial charge in [0.25, 0.3) is 0 Å². The second-order valence-electron chi connectivity index (χ2n) is 6.09. The summed E-state index contributed by atoms with van der Waals surface area (Å²) in [5.74, 6) is -2.55. The number of halogens is 1. The van der Waals surface area contributed by atoms with Crippen molar-refractivity contribution in [3.8, 4) is 0 Å². The molecule has 0 unspecified atom stereocenters. The Labute approximate surface area is 166 Å². The summed E-state index contributed by atoms with van der Waals surface area (Å²) < 4.78 is 48.1. The number of para-hydroxylation sites is 1. The average Bonchev–Trinajstić information content (AvgIpc) is 3.06.